The third-order valence-electron chi connectivity index (χ3n) is 1.89. The number of aromatic nitrogens is 1. The number of carbonyl (C=O) groups excluding carboxylic acids is 1. The fourth-order valence-electron chi connectivity index (χ4n) is 1.06. The topological polar surface area (TPSA) is 39.1 Å². The molecule has 0 aliphatic carbocycles. The Morgan fingerprint density at radius 2 is 2.00 bits per heavy atom. The predicted molar refractivity (Wildman–Crippen MR) is 46.5 cm³/mol. The number of hydrogen-bond donors (Lipinski definition) is 0. The normalized spacial score (nSPS) is 11.5. The van der Waals surface area contributed by atoms with Gasteiger partial charge in [0.25, 0.3) is 11.3 Å². The number of hydrogen-bond acceptors (Lipinski definition) is 2. The van der Waals surface area contributed by atoms with E-state index in [9.17, 15) is 22.8 Å². The molecule has 0 radical (unpaired) electrons. The van der Waals surface area contributed by atoms with Gasteiger partial charge in [-0.25, -0.2) is 0 Å². The monoisotopic (exact) mass is 219 g/mol. The third-order valence-corrected chi connectivity index (χ3v) is 1.89. The molecule has 0 atom stereocenters. The van der Waals surface area contributed by atoms with Gasteiger partial charge in [0.1, 0.15) is 0 Å². The molecule has 0 aliphatic heterocycles. The minimum absolute atomic E-state index is 0.320. The van der Waals surface area contributed by atoms with Gasteiger partial charge in [-0.3, -0.25) is 9.59 Å². The molecule has 15 heavy (non-hydrogen) atoms. The Kier molecular flexibility index (Phi) is 2.97. The van der Waals surface area contributed by atoms with Crippen LogP contribution in [-0.2, 0) is 11.3 Å². The van der Waals surface area contributed by atoms with Crippen LogP contribution >= 0.6 is 0 Å². The quantitative estimate of drug-likeness (QED) is 0.751. The zero-order chi connectivity index (χ0) is 11.6. The van der Waals surface area contributed by atoms with Crippen LogP contribution in [0.25, 0.3) is 0 Å². The van der Waals surface area contributed by atoms with Crippen LogP contribution in [0, 0.1) is 6.92 Å². The van der Waals surface area contributed by atoms with E-state index in [1.165, 1.54) is 19.1 Å². The van der Waals surface area contributed by atoms with Crippen molar-refractivity contribution in [3.8, 4) is 0 Å². The minimum Gasteiger partial charge on any atom is -0.305 e. The van der Waals surface area contributed by atoms with Crippen molar-refractivity contribution in [1.29, 1.82) is 0 Å². The number of ketones is 1. The SMILES string of the molecule is Cc1cccc(=O)n1CC(=O)C(F)(F)F. The van der Waals surface area contributed by atoms with E-state index in [0.717, 1.165) is 10.6 Å². The molecule has 0 spiro atoms. The first-order valence-electron chi connectivity index (χ1n) is 4.09. The molecule has 1 aromatic rings. The molecule has 3 nitrogen and oxygen atoms in total. The zero-order valence-electron chi connectivity index (χ0n) is 7.84. The Hall–Kier alpha value is -1.59. The Morgan fingerprint density at radius 1 is 1.40 bits per heavy atom. The van der Waals surface area contributed by atoms with Gasteiger partial charge in [0, 0.05) is 11.8 Å². The second kappa shape index (κ2) is 3.88. The molecule has 0 saturated heterocycles. The van der Waals surface area contributed by atoms with Crippen molar-refractivity contribution in [2.45, 2.75) is 19.6 Å². The van der Waals surface area contributed by atoms with Gasteiger partial charge in [0.2, 0.25) is 0 Å². The van der Waals surface area contributed by atoms with Crippen molar-refractivity contribution in [2.75, 3.05) is 0 Å². The van der Waals surface area contributed by atoms with Gasteiger partial charge in [0.05, 0.1) is 6.54 Å². The molecule has 0 aliphatic rings. The molecule has 0 amide bonds. The summed E-state index contributed by atoms with van der Waals surface area (Å²) in [6, 6.07) is 3.99. The molecule has 0 N–H and O–H groups in total. The van der Waals surface area contributed by atoms with Crippen molar-refractivity contribution in [3.05, 3.63) is 34.2 Å². The van der Waals surface area contributed by atoms with E-state index < -0.39 is 24.1 Å². The van der Waals surface area contributed by atoms with Crippen molar-refractivity contribution >= 4 is 5.78 Å². The fraction of sp³-hybridized carbons (Fsp3) is 0.333. The standard InChI is InChI=1S/C9H8F3NO2/c1-6-3-2-4-8(15)13(6)5-7(14)9(10,11)12/h2-4H,5H2,1H3. The summed E-state index contributed by atoms with van der Waals surface area (Å²) in [4.78, 5) is 21.8. The van der Waals surface area contributed by atoms with E-state index >= 15 is 0 Å². The molecule has 0 saturated carbocycles. The highest BCUT2D eigenvalue weighted by Crippen LogP contribution is 2.16. The molecule has 0 aromatic carbocycles. The van der Waals surface area contributed by atoms with Gasteiger partial charge in [-0.2, -0.15) is 13.2 Å². The van der Waals surface area contributed by atoms with Crippen LogP contribution in [0.4, 0.5) is 13.2 Å². The summed E-state index contributed by atoms with van der Waals surface area (Å²) in [6.07, 6.45) is -4.90. The lowest BCUT2D eigenvalue weighted by atomic mass is 10.3. The second-order valence-electron chi connectivity index (χ2n) is 3.01. The zero-order valence-corrected chi connectivity index (χ0v) is 7.84. The molecule has 1 aromatic heterocycles. The summed E-state index contributed by atoms with van der Waals surface area (Å²) >= 11 is 0. The molecule has 0 bridgehead atoms. The first-order chi connectivity index (χ1) is 6.82. The maximum Gasteiger partial charge on any atom is 0.451 e. The fourth-order valence-corrected chi connectivity index (χ4v) is 1.06. The predicted octanol–water partition coefficient (Wildman–Crippen LogP) is 1.29. The highest BCUT2D eigenvalue weighted by atomic mass is 19.4. The summed E-state index contributed by atoms with van der Waals surface area (Å²) in [5.74, 6) is -1.93. The van der Waals surface area contributed by atoms with Gasteiger partial charge in [0.15, 0.2) is 0 Å². The number of halogens is 3. The number of nitrogens with zero attached hydrogens (tertiary/aromatic N) is 1. The van der Waals surface area contributed by atoms with Crippen LogP contribution in [-0.4, -0.2) is 16.5 Å². The maximum absolute atomic E-state index is 11.9. The van der Waals surface area contributed by atoms with Crippen LogP contribution < -0.4 is 5.56 Å². The van der Waals surface area contributed by atoms with Crippen LogP contribution in [0.1, 0.15) is 5.69 Å². The second-order valence-corrected chi connectivity index (χ2v) is 3.01. The molecule has 82 valence electrons. The summed E-state index contributed by atoms with van der Waals surface area (Å²) in [5, 5.41) is 0. The van der Waals surface area contributed by atoms with Gasteiger partial charge in [-0.05, 0) is 13.0 Å². The molecular weight excluding hydrogens is 211 g/mol. The summed E-state index contributed by atoms with van der Waals surface area (Å²) in [7, 11) is 0. The number of pyridine rings is 1. The minimum atomic E-state index is -4.90. The molecule has 0 unspecified atom stereocenters. The summed E-state index contributed by atoms with van der Waals surface area (Å²) < 4.78 is 36.6. The highest BCUT2D eigenvalue weighted by Gasteiger charge is 2.38. The number of alkyl halides is 3. The maximum atomic E-state index is 11.9. The Balaban J connectivity index is 3.01. The van der Waals surface area contributed by atoms with Crippen molar-refractivity contribution in [2.24, 2.45) is 0 Å². The third kappa shape index (κ3) is 2.68. The van der Waals surface area contributed by atoms with E-state index in [1.54, 1.807) is 0 Å². The van der Waals surface area contributed by atoms with Gasteiger partial charge in [-0.1, -0.05) is 6.07 Å². The molecule has 1 heterocycles. The molecule has 1 rings (SSSR count). The molecule has 0 fully saturated rings. The number of aryl methyl sites for hydroxylation is 1. The summed E-state index contributed by atoms with van der Waals surface area (Å²) in [6.45, 7) is 0.500. The number of rotatable bonds is 2. The first kappa shape index (κ1) is 11.5. The average molecular weight is 219 g/mol. The molecule has 6 heteroatoms. The lowest BCUT2D eigenvalue weighted by Gasteiger charge is -2.09. The lowest BCUT2D eigenvalue weighted by Crippen LogP contribution is -2.32. The van der Waals surface area contributed by atoms with Crippen LogP contribution in [0.5, 0.6) is 0 Å². The average Bonchev–Trinajstić information content (AvgIpc) is 2.09. The highest BCUT2D eigenvalue weighted by molar-refractivity contribution is 5.83. The number of Topliss-reactive ketones (excluding diaryl/α,β-unsaturated/α-hetero) is 1. The van der Waals surface area contributed by atoms with Crippen molar-refractivity contribution in [1.82, 2.24) is 4.57 Å². The van der Waals surface area contributed by atoms with Crippen LogP contribution in [0.15, 0.2) is 23.0 Å². The lowest BCUT2D eigenvalue weighted by molar-refractivity contribution is -0.171. The van der Waals surface area contributed by atoms with Crippen LogP contribution in [0.3, 0.4) is 0 Å². The molecular formula is C9H8F3NO2. The summed E-state index contributed by atoms with van der Waals surface area (Å²) in [5.41, 5.74) is -0.298. The van der Waals surface area contributed by atoms with Gasteiger partial charge < -0.3 is 4.57 Å². The van der Waals surface area contributed by atoms with Gasteiger partial charge in [-0.15, -0.1) is 0 Å². The van der Waals surface area contributed by atoms with E-state index in [1.807, 2.05) is 0 Å². The van der Waals surface area contributed by atoms with E-state index in [0.29, 0.717) is 5.69 Å². The Bertz CT molecular complexity index is 434. The smallest absolute Gasteiger partial charge is 0.305 e. The van der Waals surface area contributed by atoms with Crippen LogP contribution in [0.2, 0.25) is 0 Å². The van der Waals surface area contributed by atoms with Crippen molar-refractivity contribution in [3.63, 3.8) is 0 Å². The first-order valence-corrected chi connectivity index (χ1v) is 4.09. The van der Waals surface area contributed by atoms with E-state index in [4.69, 9.17) is 0 Å². The number of carbonyl (C=O) groups is 1. The Morgan fingerprint density at radius 3 is 2.47 bits per heavy atom. The van der Waals surface area contributed by atoms with Gasteiger partial charge >= 0.3 is 6.18 Å². The van der Waals surface area contributed by atoms with Crippen molar-refractivity contribution < 1.29 is 18.0 Å². The largest absolute Gasteiger partial charge is 0.451 e. The van der Waals surface area contributed by atoms with E-state index in [-0.39, 0.29) is 0 Å². The van der Waals surface area contributed by atoms with E-state index in [2.05, 4.69) is 0 Å². The Labute approximate surface area is 83.1 Å².